The Balaban J connectivity index is 1.40. The summed E-state index contributed by atoms with van der Waals surface area (Å²) in [5, 5.41) is 2.64. The summed E-state index contributed by atoms with van der Waals surface area (Å²) in [5.41, 5.74) is 3.94. The molecule has 0 saturated carbocycles. The van der Waals surface area contributed by atoms with Crippen LogP contribution in [0.2, 0.25) is 0 Å². The van der Waals surface area contributed by atoms with Crippen LogP contribution in [0.1, 0.15) is 30.3 Å². The molecular formula is C27H32N10O3. The van der Waals surface area contributed by atoms with Gasteiger partial charge in [0.1, 0.15) is 24.2 Å². The van der Waals surface area contributed by atoms with Crippen molar-refractivity contribution in [3.63, 3.8) is 0 Å². The summed E-state index contributed by atoms with van der Waals surface area (Å²) >= 11 is 0. The maximum absolute atomic E-state index is 12.9. The molecule has 2 N–H and O–H groups in total. The van der Waals surface area contributed by atoms with E-state index in [1.807, 2.05) is 27.7 Å². The number of piperazine rings is 1. The van der Waals surface area contributed by atoms with Gasteiger partial charge in [-0.15, -0.1) is 0 Å². The Bertz CT molecular complexity index is 1530. The fourth-order valence-electron chi connectivity index (χ4n) is 5.13. The molecule has 0 aliphatic carbocycles. The van der Waals surface area contributed by atoms with Crippen LogP contribution in [-0.2, 0) is 4.74 Å². The molecule has 0 atom stereocenters. The van der Waals surface area contributed by atoms with Crippen LogP contribution < -0.4 is 10.2 Å². The van der Waals surface area contributed by atoms with Gasteiger partial charge >= 0.3 is 6.09 Å². The van der Waals surface area contributed by atoms with Gasteiger partial charge in [-0.25, -0.2) is 24.7 Å². The van der Waals surface area contributed by atoms with E-state index in [1.165, 1.54) is 0 Å². The molecule has 40 heavy (non-hydrogen) atoms. The van der Waals surface area contributed by atoms with Crippen LogP contribution >= 0.6 is 0 Å². The van der Waals surface area contributed by atoms with E-state index in [9.17, 15) is 9.59 Å². The fourth-order valence-corrected chi connectivity index (χ4v) is 5.13. The van der Waals surface area contributed by atoms with E-state index in [4.69, 9.17) is 4.74 Å². The molecule has 4 aromatic rings. The number of fused-ring (bicyclic) bond motifs is 1. The lowest BCUT2D eigenvalue weighted by Gasteiger charge is -2.33. The molecule has 13 nitrogen and oxygen atoms in total. The molecule has 2 aliphatic rings. The van der Waals surface area contributed by atoms with E-state index in [0.717, 1.165) is 69.2 Å². The van der Waals surface area contributed by atoms with Gasteiger partial charge in [0.25, 0.3) is 5.91 Å². The molecule has 6 rings (SSSR count). The van der Waals surface area contributed by atoms with E-state index < -0.39 is 6.09 Å². The number of anilines is 2. The van der Waals surface area contributed by atoms with Crippen LogP contribution in [-0.4, -0.2) is 104 Å². The van der Waals surface area contributed by atoms with Gasteiger partial charge in [-0.2, -0.15) is 0 Å². The standard InChI is InChI=1S/C27H32N10O3/c1-3-40-27(39)33-26-31-21-13-18(37-15-22(30-17-37)25(38)36-6-4-5-7-36)12-19(24(21)32-26)20-14-23(29-16-28-20)35-10-8-34(2)9-11-35/h12-17H,3-11H2,1-2H3,(H2,31,32,33,39). The maximum Gasteiger partial charge on any atom is 0.413 e. The summed E-state index contributed by atoms with van der Waals surface area (Å²) < 4.78 is 6.83. The number of nitrogens with zero attached hydrogens (tertiary/aromatic N) is 8. The number of amides is 2. The highest BCUT2D eigenvalue weighted by Gasteiger charge is 2.23. The normalized spacial score (nSPS) is 16.1. The van der Waals surface area contributed by atoms with Crippen molar-refractivity contribution >= 4 is 34.8 Å². The monoisotopic (exact) mass is 544 g/mol. The van der Waals surface area contributed by atoms with Crippen molar-refractivity contribution in [2.45, 2.75) is 19.8 Å². The third kappa shape index (κ3) is 5.19. The first-order valence-corrected chi connectivity index (χ1v) is 13.6. The average molecular weight is 545 g/mol. The number of hydrogen-bond donors (Lipinski definition) is 2. The predicted octanol–water partition coefficient (Wildman–Crippen LogP) is 2.76. The van der Waals surface area contributed by atoms with Gasteiger partial charge in [-0.1, -0.05) is 0 Å². The number of aromatic amines is 1. The van der Waals surface area contributed by atoms with Gasteiger partial charge in [0.2, 0.25) is 5.95 Å². The first kappa shape index (κ1) is 25.7. The van der Waals surface area contributed by atoms with Crippen LogP contribution in [0.3, 0.4) is 0 Å². The second kappa shape index (κ2) is 10.9. The SMILES string of the molecule is CCOC(=O)Nc1nc2cc(-n3cnc(C(=O)N4CCCC4)c3)cc(-c3cc(N4CCN(C)CC4)ncn3)c2[nH]1. The number of likely N-dealkylation sites (N-methyl/N-ethyl adjacent to an activating group) is 1. The summed E-state index contributed by atoms with van der Waals surface area (Å²) in [5.74, 6) is 1.05. The minimum atomic E-state index is -0.595. The fraction of sp³-hybridized carbons (Fsp3) is 0.407. The number of likely N-dealkylation sites (tertiary alicyclic amines) is 1. The largest absolute Gasteiger partial charge is 0.450 e. The highest BCUT2D eigenvalue weighted by Crippen LogP contribution is 2.32. The Labute approximate surface area is 231 Å². The van der Waals surface area contributed by atoms with Crippen molar-refractivity contribution in [2.24, 2.45) is 0 Å². The van der Waals surface area contributed by atoms with Crippen LogP contribution in [0.25, 0.3) is 28.0 Å². The number of hydrogen-bond acceptors (Lipinski definition) is 9. The number of H-pyrrole nitrogens is 1. The van der Waals surface area contributed by atoms with Gasteiger partial charge < -0.3 is 29.0 Å². The molecule has 0 bridgehead atoms. The first-order valence-electron chi connectivity index (χ1n) is 13.6. The van der Waals surface area contributed by atoms with Crippen molar-refractivity contribution in [2.75, 3.05) is 63.1 Å². The smallest absolute Gasteiger partial charge is 0.413 e. The summed E-state index contributed by atoms with van der Waals surface area (Å²) in [7, 11) is 2.12. The van der Waals surface area contributed by atoms with E-state index >= 15 is 0 Å². The van der Waals surface area contributed by atoms with Crippen molar-refractivity contribution in [1.82, 2.24) is 39.3 Å². The predicted molar refractivity (Wildman–Crippen MR) is 150 cm³/mol. The summed E-state index contributed by atoms with van der Waals surface area (Å²) in [6.07, 6.45) is 6.38. The Morgan fingerprint density at radius 1 is 1.02 bits per heavy atom. The van der Waals surface area contributed by atoms with Crippen LogP contribution in [0.5, 0.6) is 0 Å². The third-order valence-corrected chi connectivity index (χ3v) is 7.32. The molecule has 2 amide bonds. The number of carbonyl (C=O) groups is 2. The van der Waals surface area contributed by atoms with Crippen LogP contribution in [0.4, 0.5) is 16.6 Å². The third-order valence-electron chi connectivity index (χ3n) is 7.32. The minimum absolute atomic E-state index is 0.0640. The second-order valence-corrected chi connectivity index (χ2v) is 10.0. The quantitative estimate of drug-likeness (QED) is 0.375. The number of carbonyl (C=O) groups excluding carboxylic acids is 2. The molecule has 1 aromatic carbocycles. The number of nitrogens with one attached hydrogen (secondary N) is 2. The number of ether oxygens (including phenoxy) is 1. The summed E-state index contributed by atoms with van der Waals surface area (Å²) in [4.78, 5) is 52.7. The average Bonchev–Trinajstić information content (AvgIpc) is 3.74. The Kier molecular flexibility index (Phi) is 7.03. The highest BCUT2D eigenvalue weighted by atomic mass is 16.5. The first-order chi connectivity index (χ1) is 19.5. The number of benzene rings is 1. The Morgan fingerprint density at radius 3 is 2.60 bits per heavy atom. The minimum Gasteiger partial charge on any atom is -0.450 e. The topological polar surface area (TPSA) is 137 Å². The molecule has 208 valence electrons. The van der Waals surface area contributed by atoms with Crippen LogP contribution in [0, 0.1) is 0 Å². The Hall–Kier alpha value is -4.52. The molecule has 0 unspecified atom stereocenters. The van der Waals surface area contributed by atoms with E-state index in [1.54, 1.807) is 25.8 Å². The number of rotatable bonds is 6. The molecule has 5 heterocycles. The molecule has 0 radical (unpaired) electrons. The molecule has 2 aliphatic heterocycles. The van der Waals surface area contributed by atoms with Crippen molar-refractivity contribution in [1.29, 1.82) is 0 Å². The molecule has 3 aromatic heterocycles. The summed E-state index contributed by atoms with van der Waals surface area (Å²) in [6.45, 7) is 7.18. The lowest BCUT2D eigenvalue weighted by atomic mass is 10.1. The van der Waals surface area contributed by atoms with E-state index in [0.29, 0.717) is 22.4 Å². The molecular weight excluding hydrogens is 512 g/mol. The Morgan fingerprint density at radius 2 is 1.82 bits per heavy atom. The van der Waals surface area contributed by atoms with Gasteiger partial charge in [0.05, 0.1) is 23.3 Å². The molecule has 2 saturated heterocycles. The molecule has 0 spiro atoms. The second-order valence-electron chi connectivity index (χ2n) is 10.0. The summed E-state index contributed by atoms with van der Waals surface area (Å²) in [6, 6.07) is 5.82. The number of imidazole rings is 2. The van der Waals surface area contributed by atoms with Gasteiger partial charge in [-0.3, -0.25) is 10.1 Å². The van der Waals surface area contributed by atoms with Crippen molar-refractivity contribution < 1.29 is 14.3 Å². The molecule has 13 heteroatoms. The van der Waals surface area contributed by atoms with E-state index in [-0.39, 0.29) is 18.5 Å². The number of aromatic nitrogens is 6. The maximum atomic E-state index is 12.9. The van der Waals surface area contributed by atoms with E-state index in [2.05, 4.69) is 47.1 Å². The van der Waals surface area contributed by atoms with Crippen molar-refractivity contribution in [3.8, 4) is 16.9 Å². The molecule has 2 fully saturated rings. The van der Waals surface area contributed by atoms with Crippen LogP contribution in [0.15, 0.2) is 37.1 Å². The van der Waals surface area contributed by atoms with Gasteiger partial charge in [-0.05, 0) is 38.9 Å². The zero-order chi connectivity index (χ0) is 27.6. The highest BCUT2D eigenvalue weighted by molar-refractivity contribution is 5.96. The van der Waals surface area contributed by atoms with Crippen molar-refractivity contribution in [3.05, 3.63) is 42.7 Å². The van der Waals surface area contributed by atoms with Gasteiger partial charge in [0, 0.05) is 62.8 Å². The lowest BCUT2D eigenvalue weighted by Crippen LogP contribution is -2.44. The van der Waals surface area contributed by atoms with Gasteiger partial charge in [0.15, 0.2) is 0 Å². The zero-order valence-electron chi connectivity index (χ0n) is 22.6. The lowest BCUT2D eigenvalue weighted by molar-refractivity contribution is 0.0787. The zero-order valence-corrected chi connectivity index (χ0v) is 22.6.